The summed E-state index contributed by atoms with van der Waals surface area (Å²) in [5.41, 5.74) is 1.33. The van der Waals surface area contributed by atoms with E-state index in [0.717, 1.165) is 11.4 Å². The molecule has 0 amide bonds. The number of anilines is 1. The van der Waals surface area contributed by atoms with Crippen LogP contribution in [0.3, 0.4) is 0 Å². The van der Waals surface area contributed by atoms with Crippen molar-refractivity contribution in [2.75, 3.05) is 4.72 Å². The molecule has 0 spiro atoms. The van der Waals surface area contributed by atoms with Gasteiger partial charge >= 0.3 is 0 Å². The molecule has 0 aromatic heterocycles. The van der Waals surface area contributed by atoms with Crippen LogP contribution in [0.15, 0.2) is 54.5 Å². The lowest BCUT2D eigenvalue weighted by Gasteiger charge is -2.10. The molecule has 0 bridgehead atoms. The van der Waals surface area contributed by atoms with E-state index in [9.17, 15) is 8.42 Å². The summed E-state index contributed by atoms with van der Waals surface area (Å²) in [6.07, 6.45) is 0. The summed E-state index contributed by atoms with van der Waals surface area (Å²) in [6.45, 7) is 0. The molecule has 108 valence electrons. The van der Waals surface area contributed by atoms with E-state index in [-0.39, 0.29) is 4.90 Å². The van der Waals surface area contributed by atoms with Gasteiger partial charge in [0, 0.05) is 4.47 Å². The van der Waals surface area contributed by atoms with E-state index >= 15 is 0 Å². The minimum atomic E-state index is -3.75. The Balaban J connectivity index is 2.00. The highest BCUT2D eigenvalue weighted by molar-refractivity contribution is 9.10. The van der Waals surface area contributed by atoms with E-state index in [2.05, 4.69) is 29.4 Å². The number of benzene rings is 2. The first-order valence-corrected chi connectivity index (χ1v) is 9.05. The van der Waals surface area contributed by atoms with Crippen LogP contribution in [0.25, 0.3) is 0 Å². The monoisotopic (exact) mass is 403 g/mol. The predicted molar refractivity (Wildman–Crippen MR) is 87.9 cm³/mol. The molecule has 2 aromatic carbocycles. The summed E-state index contributed by atoms with van der Waals surface area (Å²) in [7, 11) is -3.75. The molecule has 9 heteroatoms. The van der Waals surface area contributed by atoms with Gasteiger partial charge in [0.1, 0.15) is 16.3 Å². The first-order chi connectivity index (χ1) is 9.97. The van der Waals surface area contributed by atoms with E-state index in [0.29, 0.717) is 26.6 Å². The van der Waals surface area contributed by atoms with Gasteiger partial charge in [0.15, 0.2) is 0 Å². The zero-order valence-corrected chi connectivity index (χ0v) is 14.2. The van der Waals surface area contributed by atoms with Gasteiger partial charge in [0.25, 0.3) is 10.0 Å². The maximum Gasteiger partial charge on any atom is 0.264 e. The van der Waals surface area contributed by atoms with Crippen LogP contribution >= 0.6 is 27.5 Å². The van der Waals surface area contributed by atoms with Crippen molar-refractivity contribution in [1.29, 1.82) is 0 Å². The summed E-state index contributed by atoms with van der Waals surface area (Å²) in [4.78, 5) is 0.0971. The third-order valence-corrected chi connectivity index (χ3v) is 5.88. The summed E-state index contributed by atoms with van der Waals surface area (Å²) in [5.74, 6) is 0. The molecule has 0 aliphatic carbocycles. The summed E-state index contributed by atoms with van der Waals surface area (Å²) >= 11 is 10.1. The summed E-state index contributed by atoms with van der Waals surface area (Å²) in [5, 5.41) is 0.503. The molecule has 21 heavy (non-hydrogen) atoms. The van der Waals surface area contributed by atoms with Crippen molar-refractivity contribution in [2.24, 2.45) is 8.73 Å². The van der Waals surface area contributed by atoms with E-state index in [1.807, 2.05) is 0 Å². The number of rotatable bonds is 3. The molecular weight excluding hydrogens is 398 g/mol. The molecule has 2 aromatic rings. The van der Waals surface area contributed by atoms with Crippen LogP contribution in [-0.2, 0) is 21.4 Å². The molecule has 1 heterocycles. The van der Waals surface area contributed by atoms with Crippen molar-refractivity contribution in [3.63, 3.8) is 0 Å². The Morgan fingerprint density at radius 1 is 1.19 bits per heavy atom. The third-order valence-electron chi connectivity index (χ3n) is 2.71. The molecule has 1 aliphatic heterocycles. The number of halogens is 2. The molecule has 0 atom stereocenters. The Labute approximate surface area is 138 Å². The second-order valence-electron chi connectivity index (χ2n) is 4.12. The van der Waals surface area contributed by atoms with Crippen molar-refractivity contribution in [3.05, 3.63) is 45.9 Å². The fourth-order valence-electron chi connectivity index (χ4n) is 1.77. The quantitative estimate of drug-likeness (QED) is 0.691. The molecule has 0 saturated carbocycles. The van der Waals surface area contributed by atoms with Crippen LogP contribution in [0, 0.1) is 0 Å². The zero-order valence-electron chi connectivity index (χ0n) is 10.2. The molecule has 0 saturated heterocycles. The maximum atomic E-state index is 12.5. The summed E-state index contributed by atoms with van der Waals surface area (Å²) < 4.78 is 36.2. The fourth-order valence-corrected chi connectivity index (χ4v) is 4.08. The first-order valence-electron chi connectivity index (χ1n) is 5.66. The minimum Gasteiger partial charge on any atom is -0.280 e. The Morgan fingerprint density at radius 3 is 2.76 bits per heavy atom. The lowest BCUT2D eigenvalue weighted by Crippen LogP contribution is -2.13. The van der Waals surface area contributed by atoms with E-state index < -0.39 is 10.0 Å². The van der Waals surface area contributed by atoms with Crippen LogP contribution < -0.4 is 4.72 Å². The van der Waals surface area contributed by atoms with Gasteiger partial charge in [-0.25, -0.2) is 8.42 Å². The second kappa shape index (κ2) is 5.53. The average molecular weight is 405 g/mol. The highest BCUT2D eigenvalue weighted by Crippen LogP contribution is 2.38. The zero-order chi connectivity index (χ0) is 15.0. The van der Waals surface area contributed by atoms with Gasteiger partial charge < -0.3 is 0 Å². The fraction of sp³-hybridized carbons (Fsp3) is 0. The first kappa shape index (κ1) is 14.7. The lowest BCUT2D eigenvalue weighted by atomic mass is 10.3. The topological polar surface area (TPSA) is 70.9 Å². The molecule has 1 aliphatic rings. The smallest absolute Gasteiger partial charge is 0.264 e. The highest BCUT2D eigenvalue weighted by atomic mass is 79.9. The van der Waals surface area contributed by atoms with Gasteiger partial charge in [-0.2, -0.15) is 8.73 Å². The standard InChI is InChI=1S/C12H7BrClN3O2S2/c13-8-6-7(4-5-9(8)14)17-21(18,19)11-3-1-2-10-12(11)16-20-15-10/h1-6,17H. The number of fused-ring (bicyclic) bond motifs is 1. The number of hydrogen-bond acceptors (Lipinski definition) is 4. The van der Waals surface area contributed by atoms with Crippen LogP contribution in [0.4, 0.5) is 17.1 Å². The SMILES string of the molecule is O=S(=O)(Nc1ccc(Cl)c(Br)c1)c1cccc2c1N=S=N2. The van der Waals surface area contributed by atoms with Crippen molar-refractivity contribution in [2.45, 2.75) is 4.90 Å². The largest absolute Gasteiger partial charge is 0.280 e. The lowest BCUT2D eigenvalue weighted by molar-refractivity contribution is 0.601. The molecule has 5 nitrogen and oxygen atoms in total. The third kappa shape index (κ3) is 2.89. The van der Waals surface area contributed by atoms with Gasteiger partial charge in [-0.15, -0.1) is 0 Å². The Hall–Kier alpha value is -1.22. The van der Waals surface area contributed by atoms with Crippen molar-refractivity contribution in [3.8, 4) is 0 Å². The maximum absolute atomic E-state index is 12.5. The predicted octanol–water partition coefficient (Wildman–Crippen LogP) is 4.63. The molecular formula is C12H7BrClN3O2S2. The van der Waals surface area contributed by atoms with Crippen LogP contribution in [0.1, 0.15) is 0 Å². The normalized spacial score (nSPS) is 12.9. The number of nitrogens with zero attached hydrogens (tertiary/aromatic N) is 2. The van der Waals surface area contributed by atoms with E-state index in [1.165, 1.54) is 6.07 Å². The number of hydrogen-bond donors (Lipinski definition) is 1. The Bertz CT molecular complexity index is 909. The van der Waals surface area contributed by atoms with Crippen molar-refractivity contribution >= 4 is 66.0 Å². The van der Waals surface area contributed by atoms with Crippen molar-refractivity contribution in [1.82, 2.24) is 0 Å². The van der Waals surface area contributed by atoms with Gasteiger partial charge in [-0.3, -0.25) is 4.72 Å². The molecule has 1 N–H and O–H groups in total. The second-order valence-corrected chi connectivity index (χ2v) is 7.56. The Morgan fingerprint density at radius 2 is 2.00 bits per heavy atom. The van der Waals surface area contributed by atoms with Crippen LogP contribution in [0.5, 0.6) is 0 Å². The summed E-state index contributed by atoms with van der Waals surface area (Å²) in [6, 6.07) is 9.64. The van der Waals surface area contributed by atoms with Gasteiger partial charge in [-0.05, 0) is 46.3 Å². The van der Waals surface area contributed by atoms with Crippen LogP contribution in [0.2, 0.25) is 5.02 Å². The Kier molecular flexibility index (Phi) is 3.87. The molecule has 0 fully saturated rings. The molecule has 3 rings (SSSR count). The number of sulfonamides is 1. The minimum absolute atomic E-state index is 0.0971. The van der Waals surface area contributed by atoms with Gasteiger partial charge in [-0.1, -0.05) is 17.7 Å². The van der Waals surface area contributed by atoms with Crippen molar-refractivity contribution < 1.29 is 8.42 Å². The highest BCUT2D eigenvalue weighted by Gasteiger charge is 2.22. The van der Waals surface area contributed by atoms with E-state index in [4.69, 9.17) is 11.6 Å². The average Bonchev–Trinajstić information content (AvgIpc) is 2.90. The van der Waals surface area contributed by atoms with Gasteiger partial charge in [0.05, 0.1) is 22.1 Å². The van der Waals surface area contributed by atoms with E-state index in [1.54, 1.807) is 30.3 Å². The van der Waals surface area contributed by atoms with Gasteiger partial charge in [0.2, 0.25) is 0 Å². The molecule has 0 radical (unpaired) electrons. The van der Waals surface area contributed by atoms with Crippen LogP contribution in [-0.4, -0.2) is 8.42 Å². The number of nitrogens with one attached hydrogen (secondary N) is 1. The molecule has 0 unspecified atom stereocenters.